The van der Waals surface area contributed by atoms with Crippen molar-refractivity contribution >= 4 is 22.9 Å². The van der Waals surface area contributed by atoms with Crippen LogP contribution in [0.25, 0.3) is 16.7 Å². The second-order valence-electron chi connectivity index (χ2n) is 10.3. The summed E-state index contributed by atoms with van der Waals surface area (Å²) in [4.78, 5) is 15.0. The van der Waals surface area contributed by atoms with E-state index in [1.807, 2.05) is 14.1 Å². The third kappa shape index (κ3) is 4.94. The monoisotopic (exact) mass is 486 g/mol. The molecule has 0 saturated heterocycles. The summed E-state index contributed by atoms with van der Waals surface area (Å²) in [6.07, 6.45) is 9.99. The number of nitrogens with two attached hydrogens (primary N) is 1. The van der Waals surface area contributed by atoms with Gasteiger partial charge in [-0.2, -0.15) is 0 Å². The molecule has 36 heavy (non-hydrogen) atoms. The van der Waals surface area contributed by atoms with Gasteiger partial charge in [-0.3, -0.25) is 4.79 Å². The number of likely N-dealkylation sites (N-methyl/N-ethyl adjacent to an activating group) is 2. The zero-order valence-corrected chi connectivity index (χ0v) is 22.5. The van der Waals surface area contributed by atoms with Crippen LogP contribution in [0.4, 0.5) is 11.4 Å². The molecule has 2 aliphatic rings. The number of fused-ring (bicyclic) bond motifs is 1. The third-order valence-corrected chi connectivity index (χ3v) is 8.06. The number of rotatable bonds is 10. The Morgan fingerprint density at radius 3 is 2.53 bits per heavy atom. The number of hydrogen-bond acceptors (Lipinski definition) is 4. The molecule has 0 heterocycles. The van der Waals surface area contributed by atoms with Crippen molar-refractivity contribution in [3.05, 3.63) is 64.9 Å². The first kappa shape index (κ1) is 26.0. The molecule has 4 rings (SSSR count). The van der Waals surface area contributed by atoms with Gasteiger partial charge in [0, 0.05) is 20.1 Å². The second kappa shape index (κ2) is 11.3. The lowest BCUT2D eigenvalue weighted by Crippen LogP contribution is -2.30. The molecular weight excluding hydrogens is 444 g/mol. The average Bonchev–Trinajstić information content (AvgIpc) is 2.85. The molecule has 0 spiro atoms. The Bertz CT molecular complexity index is 1170. The quantitative estimate of drug-likeness (QED) is 0.361. The van der Waals surface area contributed by atoms with E-state index in [4.69, 9.17) is 5.73 Å². The number of carbonyl (C=O) groups excluding carboxylic acids is 1. The van der Waals surface area contributed by atoms with Crippen molar-refractivity contribution in [1.82, 2.24) is 5.32 Å². The number of carbonyl (C=O) groups is 1. The van der Waals surface area contributed by atoms with Gasteiger partial charge < -0.3 is 21.3 Å². The van der Waals surface area contributed by atoms with Crippen molar-refractivity contribution < 1.29 is 4.79 Å². The number of allylic oxidation sites excluding steroid dienone is 2. The molecule has 4 N–H and O–H groups in total. The maximum absolute atomic E-state index is 12.9. The van der Waals surface area contributed by atoms with Crippen LogP contribution in [-0.2, 0) is 6.42 Å². The Labute approximate surface area is 216 Å². The standard InChI is InChI=1S/C31H42N4O/c1-6-20(3)28-26(19-27(35(5)17-16-33-4)29(31(32)36)30(28)34-7-2)23-15-14-22-12-9-13-24(25(22)18-23)21-10-8-11-21/h7,14-15,18-20,33-34H,2,6,8-13,16-17H2,1,3-5H3,(H2,32,36)/t20-/m1/s1. The molecule has 2 aliphatic carbocycles. The molecule has 0 radical (unpaired) electrons. The summed E-state index contributed by atoms with van der Waals surface area (Å²) in [6.45, 7) is 9.89. The zero-order valence-electron chi connectivity index (χ0n) is 22.5. The normalized spacial score (nSPS) is 15.7. The van der Waals surface area contributed by atoms with Crippen LogP contribution < -0.4 is 21.3 Å². The number of benzene rings is 2. The Balaban J connectivity index is 1.99. The van der Waals surface area contributed by atoms with E-state index in [1.165, 1.54) is 48.8 Å². The van der Waals surface area contributed by atoms with Crippen LogP contribution in [-0.4, -0.2) is 33.1 Å². The minimum absolute atomic E-state index is 0.234. The highest BCUT2D eigenvalue weighted by molar-refractivity contribution is 6.07. The van der Waals surface area contributed by atoms with Crippen LogP contribution in [0.2, 0.25) is 0 Å². The summed E-state index contributed by atoms with van der Waals surface area (Å²) < 4.78 is 0. The van der Waals surface area contributed by atoms with Crippen molar-refractivity contribution in [3.8, 4) is 11.1 Å². The fraction of sp³-hybridized carbons (Fsp3) is 0.452. The molecule has 5 heteroatoms. The summed E-state index contributed by atoms with van der Waals surface area (Å²) in [7, 11) is 3.96. The number of anilines is 2. The zero-order chi connectivity index (χ0) is 25.8. The fourth-order valence-corrected chi connectivity index (χ4v) is 5.70. The van der Waals surface area contributed by atoms with E-state index in [1.54, 1.807) is 17.3 Å². The molecule has 2 aromatic rings. The van der Waals surface area contributed by atoms with Crippen molar-refractivity contribution in [3.63, 3.8) is 0 Å². The molecule has 1 saturated carbocycles. The Morgan fingerprint density at radius 2 is 1.92 bits per heavy atom. The van der Waals surface area contributed by atoms with E-state index in [-0.39, 0.29) is 5.92 Å². The number of hydrogen-bond donors (Lipinski definition) is 3. The molecule has 0 unspecified atom stereocenters. The lowest BCUT2D eigenvalue weighted by atomic mass is 9.77. The maximum atomic E-state index is 12.9. The molecular formula is C31H42N4O. The fourth-order valence-electron chi connectivity index (χ4n) is 5.70. The van der Waals surface area contributed by atoms with E-state index in [0.717, 1.165) is 48.4 Å². The first-order valence-corrected chi connectivity index (χ1v) is 13.5. The van der Waals surface area contributed by atoms with Crippen LogP contribution in [0, 0.1) is 0 Å². The van der Waals surface area contributed by atoms with Crippen LogP contribution in [0.3, 0.4) is 0 Å². The van der Waals surface area contributed by atoms with E-state index in [9.17, 15) is 4.79 Å². The van der Waals surface area contributed by atoms with Crippen molar-refractivity contribution in [2.45, 2.75) is 64.7 Å². The highest BCUT2D eigenvalue weighted by atomic mass is 16.1. The van der Waals surface area contributed by atoms with Gasteiger partial charge in [-0.15, -0.1) is 0 Å². The van der Waals surface area contributed by atoms with Gasteiger partial charge in [-0.1, -0.05) is 38.1 Å². The van der Waals surface area contributed by atoms with Crippen LogP contribution >= 0.6 is 0 Å². The molecule has 5 nitrogen and oxygen atoms in total. The molecule has 1 atom stereocenters. The molecule has 0 aromatic heterocycles. The van der Waals surface area contributed by atoms with Crippen LogP contribution in [0.1, 0.15) is 85.3 Å². The van der Waals surface area contributed by atoms with Gasteiger partial charge in [0.2, 0.25) is 0 Å². The SMILES string of the molecule is C=CNc1c(C(N)=O)c(N(C)CCNC)cc(-c2ccc3c(c2)C(=C2CCC2)CCC3)c1[C@H](C)CC. The largest absolute Gasteiger partial charge is 0.373 e. The number of aryl methyl sites for hydroxylation is 1. The minimum Gasteiger partial charge on any atom is -0.373 e. The molecule has 2 aromatic carbocycles. The Kier molecular flexibility index (Phi) is 8.20. The first-order valence-electron chi connectivity index (χ1n) is 13.5. The lowest BCUT2D eigenvalue weighted by Gasteiger charge is -2.30. The second-order valence-corrected chi connectivity index (χ2v) is 10.3. The van der Waals surface area contributed by atoms with Crippen molar-refractivity contribution in [2.75, 3.05) is 37.4 Å². The first-order chi connectivity index (χ1) is 17.4. The average molecular weight is 487 g/mol. The van der Waals surface area contributed by atoms with Gasteiger partial charge in [0.1, 0.15) is 0 Å². The van der Waals surface area contributed by atoms with Crippen molar-refractivity contribution in [1.29, 1.82) is 0 Å². The number of nitrogens with one attached hydrogen (secondary N) is 2. The van der Waals surface area contributed by atoms with Gasteiger partial charge in [0.15, 0.2) is 0 Å². The van der Waals surface area contributed by atoms with E-state index in [0.29, 0.717) is 5.56 Å². The summed E-state index contributed by atoms with van der Waals surface area (Å²) in [5.74, 6) is -0.193. The molecule has 0 bridgehead atoms. The topological polar surface area (TPSA) is 70.4 Å². The highest BCUT2D eigenvalue weighted by Crippen LogP contribution is 2.46. The number of nitrogens with zero attached hydrogens (tertiary/aromatic N) is 1. The molecule has 0 aliphatic heterocycles. The van der Waals surface area contributed by atoms with Gasteiger partial charge in [-0.05, 0) is 110 Å². The molecule has 192 valence electrons. The Hall–Kier alpha value is -3.05. The summed E-state index contributed by atoms with van der Waals surface area (Å²) in [6, 6.07) is 9.20. The third-order valence-electron chi connectivity index (χ3n) is 8.06. The van der Waals surface area contributed by atoms with E-state index < -0.39 is 5.91 Å². The smallest absolute Gasteiger partial charge is 0.252 e. The highest BCUT2D eigenvalue weighted by Gasteiger charge is 2.27. The molecule has 1 amide bonds. The lowest BCUT2D eigenvalue weighted by molar-refractivity contribution is 0.100. The summed E-state index contributed by atoms with van der Waals surface area (Å²) >= 11 is 0. The maximum Gasteiger partial charge on any atom is 0.252 e. The van der Waals surface area contributed by atoms with Gasteiger partial charge in [0.05, 0.1) is 16.9 Å². The van der Waals surface area contributed by atoms with Crippen LogP contribution in [0.5, 0.6) is 0 Å². The van der Waals surface area contributed by atoms with Gasteiger partial charge in [-0.25, -0.2) is 0 Å². The predicted octanol–water partition coefficient (Wildman–Crippen LogP) is 6.45. The Morgan fingerprint density at radius 1 is 1.17 bits per heavy atom. The van der Waals surface area contributed by atoms with E-state index >= 15 is 0 Å². The minimum atomic E-state index is -0.427. The predicted molar refractivity (Wildman–Crippen MR) is 154 cm³/mol. The number of primary amides is 1. The van der Waals surface area contributed by atoms with Gasteiger partial charge in [0.25, 0.3) is 5.91 Å². The number of amides is 1. The van der Waals surface area contributed by atoms with E-state index in [2.05, 4.69) is 60.2 Å². The van der Waals surface area contributed by atoms with Crippen LogP contribution in [0.15, 0.2) is 42.6 Å². The summed E-state index contributed by atoms with van der Waals surface area (Å²) in [5, 5.41) is 6.53. The summed E-state index contributed by atoms with van der Waals surface area (Å²) in [5.41, 5.74) is 17.8. The van der Waals surface area contributed by atoms with Crippen molar-refractivity contribution in [2.24, 2.45) is 5.73 Å². The molecule has 1 fully saturated rings. The van der Waals surface area contributed by atoms with Gasteiger partial charge >= 0.3 is 0 Å².